The second kappa shape index (κ2) is 8.16. The summed E-state index contributed by atoms with van der Waals surface area (Å²) in [5.74, 6) is 0.963. The molecule has 0 saturated carbocycles. The molecule has 3 rings (SSSR count). The molecule has 8 nitrogen and oxygen atoms in total. The molecule has 2 aliphatic heterocycles. The quantitative estimate of drug-likeness (QED) is 0.786. The van der Waals surface area contributed by atoms with Crippen LogP contribution in [0.2, 0.25) is 0 Å². The molecule has 0 radical (unpaired) electrons. The minimum Gasteiger partial charge on any atom is -0.368 e. The maximum atomic E-state index is 12.8. The van der Waals surface area contributed by atoms with Crippen LogP contribution in [0.5, 0.6) is 0 Å². The van der Waals surface area contributed by atoms with E-state index < -0.39 is 0 Å². The Labute approximate surface area is 154 Å². The standard InChI is InChI=1S/C18H29N5O3/c1-13(2)23-12-19-20-16(23)11-21(3)17(24)14-6-8-22(9-7-14)18(25)15-5-4-10-26-15/h12-15H,4-11H2,1-3H3/t15-/m1/s1. The Kier molecular flexibility index (Phi) is 5.90. The van der Waals surface area contributed by atoms with Crippen molar-refractivity contribution in [3.8, 4) is 0 Å². The molecule has 2 fully saturated rings. The Balaban J connectivity index is 1.51. The summed E-state index contributed by atoms with van der Waals surface area (Å²) in [4.78, 5) is 28.8. The van der Waals surface area contributed by atoms with Gasteiger partial charge in [0, 0.05) is 38.7 Å². The summed E-state index contributed by atoms with van der Waals surface area (Å²) in [6.45, 7) is 6.52. The molecule has 0 N–H and O–H groups in total. The monoisotopic (exact) mass is 363 g/mol. The zero-order chi connectivity index (χ0) is 18.7. The molecule has 26 heavy (non-hydrogen) atoms. The van der Waals surface area contributed by atoms with Gasteiger partial charge in [0.25, 0.3) is 5.91 Å². The molecule has 2 saturated heterocycles. The molecule has 144 valence electrons. The first-order chi connectivity index (χ1) is 12.5. The Morgan fingerprint density at radius 3 is 2.65 bits per heavy atom. The van der Waals surface area contributed by atoms with Gasteiger partial charge in [0.1, 0.15) is 12.4 Å². The zero-order valence-electron chi connectivity index (χ0n) is 15.9. The summed E-state index contributed by atoms with van der Waals surface area (Å²) in [6.07, 6.45) is 4.62. The van der Waals surface area contributed by atoms with Crippen LogP contribution in [0.3, 0.4) is 0 Å². The lowest BCUT2D eigenvalue weighted by molar-refractivity contribution is -0.145. The van der Waals surface area contributed by atoms with Crippen LogP contribution in [-0.2, 0) is 20.9 Å². The second-order valence-corrected chi connectivity index (χ2v) is 7.54. The lowest BCUT2D eigenvalue weighted by Crippen LogP contribution is -2.46. The molecule has 3 heterocycles. The highest BCUT2D eigenvalue weighted by Crippen LogP contribution is 2.23. The van der Waals surface area contributed by atoms with Gasteiger partial charge in [-0.3, -0.25) is 9.59 Å². The molecule has 2 aliphatic rings. The maximum absolute atomic E-state index is 12.8. The van der Waals surface area contributed by atoms with Crippen molar-refractivity contribution in [2.24, 2.45) is 5.92 Å². The number of piperidine rings is 1. The van der Waals surface area contributed by atoms with Crippen molar-refractivity contribution in [1.29, 1.82) is 0 Å². The third kappa shape index (κ3) is 4.06. The topological polar surface area (TPSA) is 80.6 Å². The van der Waals surface area contributed by atoms with Crippen LogP contribution in [0.25, 0.3) is 0 Å². The minimum absolute atomic E-state index is 0.0380. The molecule has 0 aromatic carbocycles. The Morgan fingerprint density at radius 2 is 2.04 bits per heavy atom. The van der Waals surface area contributed by atoms with Gasteiger partial charge in [-0.1, -0.05) is 0 Å². The molecule has 2 amide bonds. The van der Waals surface area contributed by atoms with Crippen molar-refractivity contribution in [2.45, 2.75) is 58.2 Å². The van der Waals surface area contributed by atoms with Crippen LogP contribution in [0.1, 0.15) is 51.4 Å². The molecule has 1 aromatic heterocycles. The molecule has 0 aliphatic carbocycles. The molecular formula is C18H29N5O3. The van der Waals surface area contributed by atoms with Gasteiger partial charge < -0.3 is 19.1 Å². The molecule has 0 spiro atoms. The predicted octanol–water partition coefficient (Wildman–Crippen LogP) is 1.23. The fraction of sp³-hybridized carbons (Fsp3) is 0.778. The van der Waals surface area contributed by atoms with E-state index in [9.17, 15) is 9.59 Å². The van der Waals surface area contributed by atoms with Gasteiger partial charge in [0.15, 0.2) is 5.82 Å². The second-order valence-electron chi connectivity index (χ2n) is 7.54. The van der Waals surface area contributed by atoms with E-state index in [-0.39, 0.29) is 29.9 Å². The normalized spacial score (nSPS) is 21.4. The Bertz CT molecular complexity index is 631. The summed E-state index contributed by atoms with van der Waals surface area (Å²) < 4.78 is 7.47. The molecule has 0 bridgehead atoms. The summed E-state index contributed by atoms with van der Waals surface area (Å²) in [6, 6.07) is 0.260. The van der Waals surface area contributed by atoms with Gasteiger partial charge >= 0.3 is 0 Å². The predicted molar refractivity (Wildman–Crippen MR) is 95.2 cm³/mol. The van der Waals surface area contributed by atoms with Gasteiger partial charge in [0.2, 0.25) is 5.91 Å². The van der Waals surface area contributed by atoms with Crippen LogP contribution in [0, 0.1) is 5.92 Å². The van der Waals surface area contributed by atoms with Crippen LogP contribution in [-0.4, -0.2) is 69.2 Å². The zero-order valence-corrected chi connectivity index (χ0v) is 15.9. The summed E-state index contributed by atoms with van der Waals surface area (Å²) in [5, 5.41) is 8.09. The number of hydrogen-bond acceptors (Lipinski definition) is 5. The van der Waals surface area contributed by atoms with E-state index in [0.717, 1.165) is 18.7 Å². The van der Waals surface area contributed by atoms with E-state index in [1.54, 1.807) is 11.2 Å². The largest absolute Gasteiger partial charge is 0.368 e. The van der Waals surface area contributed by atoms with Crippen molar-refractivity contribution in [3.05, 3.63) is 12.2 Å². The molecule has 0 unspecified atom stereocenters. The SMILES string of the molecule is CC(C)n1cnnc1CN(C)C(=O)C1CCN(C(=O)[C@H]2CCCO2)CC1. The number of carbonyl (C=O) groups excluding carboxylic acids is 2. The minimum atomic E-state index is -0.271. The summed E-state index contributed by atoms with van der Waals surface area (Å²) in [7, 11) is 1.81. The average molecular weight is 363 g/mol. The van der Waals surface area contributed by atoms with Crippen molar-refractivity contribution in [2.75, 3.05) is 26.7 Å². The maximum Gasteiger partial charge on any atom is 0.251 e. The third-order valence-electron chi connectivity index (χ3n) is 5.32. The number of aromatic nitrogens is 3. The highest BCUT2D eigenvalue weighted by molar-refractivity contribution is 5.82. The van der Waals surface area contributed by atoms with Gasteiger partial charge in [-0.2, -0.15) is 0 Å². The van der Waals surface area contributed by atoms with E-state index >= 15 is 0 Å². The van der Waals surface area contributed by atoms with E-state index in [1.165, 1.54) is 0 Å². The van der Waals surface area contributed by atoms with Gasteiger partial charge in [-0.25, -0.2) is 0 Å². The lowest BCUT2D eigenvalue weighted by atomic mass is 9.95. The molecule has 8 heteroatoms. The Morgan fingerprint density at radius 1 is 1.31 bits per heavy atom. The van der Waals surface area contributed by atoms with Crippen molar-refractivity contribution < 1.29 is 14.3 Å². The van der Waals surface area contributed by atoms with E-state index in [1.807, 2.05) is 16.5 Å². The van der Waals surface area contributed by atoms with Gasteiger partial charge in [-0.05, 0) is 39.5 Å². The highest BCUT2D eigenvalue weighted by Gasteiger charge is 2.33. The van der Waals surface area contributed by atoms with Crippen LogP contribution < -0.4 is 0 Å². The lowest BCUT2D eigenvalue weighted by Gasteiger charge is -2.34. The third-order valence-corrected chi connectivity index (χ3v) is 5.32. The smallest absolute Gasteiger partial charge is 0.251 e. The first-order valence-electron chi connectivity index (χ1n) is 9.51. The highest BCUT2D eigenvalue weighted by atomic mass is 16.5. The molecule has 1 aromatic rings. The van der Waals surface area contributed by atoms with E-state index in [0.29, 0.717) is 39.1 Å². The van der Waals surface area contributed by atoms with Crippen LogP contribution >= 0.6 is 0 Å². The van der Waals surface area contributed by atoms with Crippen LogP contribution in [0.4, 0.5) is 0 Å². The number of amides is 2. The number of rotatable bonds is 5. The number of carbonyl (C=O) groups is 2. The molecule has 1 atom stereocenters. The summed E-state index contributed by atoms with van der Waals surface area (Å²) in [5.41, 5.74) is 0. The fourth-order valence-electron chi connectivity index (χ4n) is 3.74. The van der Waals surface area contributed by atoms with Crippen molar-refractivity contribution in [1.82, 2.24) is 24.6 Å². The number of nitrogens with zero attached hydrogens (tertiary/aromatic N) is 5. The molecular weight excluding hydrogens is 334 g/mol. The number of hydrogen-bond donors (Lipinski definition) is 0. The van der Waals surface area contributed by atoms with E-state index in [2.05, 4.69) is 24.0 Å². The van der Waals surface area contributed by atoms with E-state index in [4.69, 9.17) is 4.74 Å². The van der Waals surface area contributed by atoms with Gasteiger partial charge in [-0.15, -0.1) is 10.2 Å². The van der Waals surface area contributed by atoms with Crippen molar-refractivity contribution in [3.63, 3.8) is 0 Å². The first-order valence-corrected chi connectivity index (χ1v) is 9.51. The van der Waals surface area contributed by atoms with Crippen LogP contribution in [0.15, 0.2) is 6.33 Å². The number of likely N-dealkylation sites (tertiary alicyclic amines) is 1. The first kappa shape index (κ1) is 18.8. The van der Waals surface area contributed by atoms with Crippen molar-refractivity contribution >= 4 is 11.8 Å². The Hall–Kier alpha value is -1.96. The average Bonchev–Trinajstić information content (AvgIpc) is 3.32. The van der Waals surface area contributed by atoms with Gasteiger partial charge in [0.05, 0.1) is 6.54 Å². The summed E-state index contributed by atoms with van der Waals surface area (Å²) >= 11 is 0. The number of ether oxygens (including phenoxy) is 1. The fourth-order valence-corrected chi connectivity index (χ4v) is 3.74.